The average molecular weight is 653 g/mol. The fourth-order valence-electron chi connectivity index (χ4n) is 4.78. The molecule has 0 heterocycles. The summed E-state index contributed by atoms with van der Waals surface area (Å²) in [5.41, 5.74) is 2.82. The number of carbonyl (C=O) groups is 2. The van der Waals surface area contributed by atoms with Gasteiger partial charge in [0.05, 0.1) is 20.6 Å². The van der Waals surface area contributed by atoms with Crippen molar-refractivity contribution in [2.24, 2.45) is 0 Å². The standard InChI is InChI=1S/C34H35Cl2N3O4S/c1-3-20-37-34(41)32(21-26-13-6-4-7-14-26)38(23-27-15-11-10-12-25(27)2)33(40)24-39(28-18-19-30(35)31(36)22-28)44(42,43)29-16-8-5-9-17-29/h4-19,22,32H,3,20-21,23-24H2,1-2H3,(H,37,41). The van der Waals surface area contributed by atoms with Crippen molar-refractivity contribution in [3.63, 3.8) is 0 Å². The van der Waals surface area contributed by atoms with E-state index in [1.54, 1.807) is 18.2 Å². The van der Waals surface area contributed by atoms with Crippen molar-refractivity contribution in [2.75, 3.05) is 17.4 Å². The minimum atomic E-state index is -4.23. The quantitative estimate of drug-likeness (QED) is 0.175. The number of nitrogens with zero attached hydrogens (tertiary/aromatic N) is 2. The number of hydrogen-bond acceptors (Lipinski definition) is 4. The van der Waals surface area contributed by atoms with Gasteiger partial charge in [0.15, 0.2) is 0 Å². The van der Waals surface area contributed by atoms with E-state index in [2.05, 4.69) is 5.32 Å². The van der Waals surface area contributed by atoms with Crippen LogP contribution in [-0.4, -0.2) is 44.3 Å². The number of amides is 2. The second kappa shape index (κ2) is 15.2. The number of carbonyl (C=O) groups excluding carboxylic acids is 2. The molecule has 0 spiro atoms. The van der Waals surface area contributed by atoms with Gasteiger partial charge in [-0.05, 0) is 60.4 Å². The normalized spacial score (nSPS) is 11.9. The molecule has 4 rings (SSSR count). The van der Waals surface area contributed by atoms with E-state index in [1.807, 2.05) is 68.4 Å². The Morgan fingerprint density at radius 1 is 0.841 bits per heavy atom. The van der Waals surface area contributed by atoms with E-state index in [0.717, 1.165) is 27.4 Å². The molecule has 1 atom stereocenters. The minimum Gasteiger partial charge on any atom is -0.354 e. The van der Waals surface area contributed by atoms with Crippen LogP contribution in [0, 0.1) is 6.92 Å². The Hall–Kier alpha value is -3.85. The van der Waals surface area contributed by atoms with E-state index in [9.17, 15) is 18.0 Å². The number of rotatable bonds is 13. The molecule has 0 aliphatic heterocycles. The lowest BCUT2D eigenvalue weighted by Crippen LogP contribution is -2.53. The maximum Gasteiger partial charge on any atom is 0.264 e. The largest absolute Gasteiger partial charge is 0.354 e. The van der Waals surface area contributed by atoms with Crippen molar-refractivity contribution in [3.05, 3.63) is 130 Å². The summed E-state index contributed by atoms with van der Waals surface area (Å²) in [6.45, 7) is 3.85. The molecule has 4 aromatic carbocycles. The number of aryl methyl sites for hydroxylation is 1. The van der Waals surface area contributed by atoms with Gasteiger partial charge in [-0.3, -0.25) is 13.9 Å². The topological polar surface area (TPSA) is 86.8 Å². The molecule has 0 aliphatic carbocycles. The number of benzene rings is 4. The first-order valence-corrected chi connectivity index (χ1v) is 16.5. The Kier molecular flexibility index (Phi) is 11.4. The molecule has 0 aliphatic rings. The lowest BCUT2D eigenvalue weighted by molar-refractivity contribution is -0.140. The van der Waals surface area contributed by atoms with Crippen molar-refractivity contribution < 1.29 is 18.0 Å². The van der Waals surface area contributed by atoms with Gasteiger partial charge in [-0.1, -0.05) is 103 Å². The molecular weight excluding hydrogens is 617 g/mol. The van der Waals surface area contributed by atoms with Crippen LogP contribution in [0.4, 0.5) is 5.69 Å². The average Bonchev–Trinajstić information content (AvgIpc) is 3.03. The first-order chi connectivity index (χ1) is 21.1. The van der Waals surface area contributed by atoms with Crippen LogP contribution in [0.15, 0.2) is 108 Å². The third-order valence-electron chi connectivity index (χ3n) is 7.22. The zero-order valence-electron chi connectivity index (χ0n) is 24.6. The molecule has 0 radical (unpaired) electrons. The molecular formula is C34H35Cl2N3O4S. The molecule has 1 unspecified atom stereocenters. The van der Waals surface area contributed by atoms with Gasteiger partial charge in [-0.25, -0.2) is 8.42 Å². The van der Waals surface area contributed by atoms with Gasteiger partial charge in [0, 0.05) is 19.5 Å². The first kappa shape index (κ1) is 33.1. The summed E-state index contributed by atoms with van der Waals surface area (Å²) >= 11 is 12.5. The first-order valence-electron chi connectivity index (χ1n) is 14.3. The predicted molar refractivity (Wildman–Crippen MR) is 176 cm³/mol. The zero-order valence-corrected chi connectivity index (χ0v) is 26.9. The van der Waals surface area contributed by atoms with Crippen LogP contribution >= 0.6 is 23.2 Å². The van der Waals surface area contributed by atoms with Crippen molar-refractivity contribution in [1.29, 1.82) is 0 Å². The van der Waals surface area contributed by atoms with E-state index >= 15 is 0 Å². The van der Waals surface area contributed by atoms with E-state index in [4.69, 9.17) is 23.2 Å². The summed E-state index contributed by atoms with van der Waals surface area (Å²) in [5, 5.41) is 3.33. The van der Waals surface area contributed by atoms with E-state index in [0.29, 0.717) is 6.54 Å². The highest BCUT2D eigenvalue weighted by molar-refractivity contribution is 7.92. The fourth-order valence-corrected chi connectivity index (χ4v) is 6.50. The van der Waals surface area contributed by atoms with Gasteiger partial charge in [-0.15, -0.1) is 0 Å². The summed E-state index contributed by atoms with van der Waals surface area (Å²) in [4.78, 5) is 29.7. The van der Waals surface area contributed by atoms with Gasteiger partial charge < -0.3 is 10.2 Å². The highest BCUT2D eigenvalue weighted by Crippen LogP contribution is 2.31. The summed E-state index contributed by atoms with van der Waals surface area (Å²) in [5.74, 6) is -0.865. The van der Waals surface area contributed by atoms with Crippen LogP contribution in [0.2, 0.25) is 10.0 Å². The lowest BCUT2D eigenvalue weighted by Gasteiger charge is -2.34. The summed E-state index contributed by atoms with van der Waals surface area (Å²) in [7, 11) is -4.23. The van der Waals surface area contributed by atoms with Crippen molar-refractivity contribution >= 4 is 50.7 Å². The van der Waals surface area contributed by atoms with Gasteiger partial charge in [-0.2, -0.15) is 0 Å². The zero-order chi connectivity index (χ0) is 31.7. The van der Waals surface area contributed by atoms with Crippen LogP contribution in [0.5, 0.6) is 0 Å². The molecule has 230 valence electrons. The number of anilines is 1. The summed E-state index contributed by atoms with van der Waals surface area (Å²) in [6.07, 6.45) is 0.960. The molecule has 1 N–H and O–H groups in total. The van der Waals surface area contributed by atoms with Crippen LogP contribution < -0.4 is 9.62 Å². The van der Waals surface area contributed by atoms with Crippen LogP contribution in [0.3, 0.4) is 0 Å². The van der Waals surface area contributed by atoms with E-state index < -0.39 is 28.5 Å². The molecule has 0 fully saturated rings. The third kappa shape index (κ3) is 8.20. The fraction of sp³-hybridized carbons (Fsp3) is 0.235. The molecule has 0 aromatic heterocycles. The number of nitrogens with one attached hydrogen (secondary N) is 1. The molecule has 7 nitrogen and oxygen atoms in total. The molecule has 0 saturated heterocycles. The highest BCUT2D eigenvalue weighted by Gasteiger charge is 2.34. The van der Waals surface area contributed by atoms with Gasteiger partial charge >= 0.3 is 0 Å². The Morgan fingerprint density at radius 2 is 1.48 bits per heavy atom. The molecule has 10 heteroatoms. The molecule has 4 aromatic rings. The Morgan fingerprint density at radius 3 is 2.11 bits per heavy atom. The maximum atomic E-state index is 14.5. The smallest absolute Gasteiger partial charge is 0.264 e. The van der Waals surface area contributed by atoms with Crippen LogP contribution in [-0.2, 0) is 32.6 Å². The van der Waals surface area contributed by atoms with Crippen molar-refractivity contribution in [3.8, 4) is 0 Å². The lowest BCUT2D eigenvalue weighted by atomic mass is 10.0. The molecule has 0 saturated carbocycles. The highest BCUT2D eigenvalue weighted by atomic mass is 35.5. The van der Waals surface area contributed by atoms with Crippen LogP contribution in [0.1, 0.15) is 30.0 Å². The molecule has 2 amide bonds. The number of sulfonamides is 1. The Balaban J connectivity index is 1.81. The van der Waals surface area contributed by atoms with Crippen molar-refractivity contribution in [1.82, 2.24) is 10.2 Å². The minimum absolute atomic E-state index is 0.00542. The Labute approximate surface area is 269 Å². The van der Waals surface area contributed by atoms with Crippen molar-refractivity contribution in [2.45, 2.75) is 44.2 Å². The predicted octanol–water partition coefficient (Wildman–Crippen LogP) is 6.66. The van der Waals surface area contributed by atoms with Crippen LogP contribution in [0.25, 0.3) is 0 Å². The summed E-state index contributed by atoms with van der Waals surface area (Å²) < 4.78 is 29.1. The molecule has 44 heavy (non-hydrogen) atoms. The van der Waals surface area contributed by atoms with E-state index in [1.165, 1.54) is 35.2 Å². The monoisotopic (exact) mass is 651 g/mol. The van der Waals surface area contributed by atoms with Gasteiger partial charge in [0.25, 0.3) is 10.0 Å². The Bertz CT molecular complexity index is 1690. The van der Waals surface area contributed by atoms with Gasteiger partial charge in [0.1, 0.15) is 12.6 Å². The maximum absolute atomic E-state index is 14.5. The summed E-state index contributed by atoms with van der Waals surface area (Å²) in [6, 6.07) is 28.4. The molecule has 0 bridgehead atoms. The van der Waals surface area contributed by atoms with Gasteiger partial charge in [0.2, 0.25) is 11.8 Å². The number of hydrogen-bond donors (Lipinski definition) is 1. The van der Waals surface area contributed by atoms with E-state index in [-0.39, 0.29) is 39.5 Å². The second-order valence-corrected chi connectivity index (χ2v) is 13.0. The number of halogens is 2. The second-order valence-electron chi connectivity index (χ2n) is 10.4. The SMILES string of the molecule is CCCNC(=O)C(Cc1ccccc1)N(Cc1ccccc1C)C(=O)CN(c1ccc(Cl)c(Cl)c1)S(=O)(=O)c1ccccc1. The third-order valence-corrected chi connectivity index (χ3v) is 9.75.